The van der Waals surface area contributed by atoms with Crippen LogP contribution in [0.25, 0.3) is 5.69 Å². The number of thioether (sulfide) groups is 1. The van der Waals surface area contributed by atoms with Gasteiger partial charge in [-0.15, -0.1) is 10.2 Å². The monoisotopic (exact) mass is 683 g/mol. The fourth-order valence-electron chi connectivity index (χ4n) is 5.29. The maximum atomic E-state index is 15.2. The third-order valence-electron chi connectivity index (χ3n) is 7.68. The quantitative estimate of drug-likeness (QED) is 0.219. The van der Waals surface area contributed by atoms with Crippen molar-refractivity contribution in [2.75, 3.05) is 32.7 Å². The number of halogens is 2. The second kappa shape index (κ2) is 15.5. The van der Waals surface area contributed by atoms with Gasteiger partial charge in [-0.2, -0.15) is 5.10 Å². The van der Waals surface area contributed by atoms with Gasteiger partial charge in [0.1, 0.15) is 30.3 Å². The number of pyridine rings is 1. The molecule has 0 unspecified atom stereocenters. The average Bonchev–Trinajstić information content (AvgIpc) is 3.73. The lowest BCUT2D eigenvalue weighted by molar-refractivity contribution is -0.132. The van der Waals surface area contributed by atoms with E-state index in [1.54, 1.807) is 55.9 Å². The van der Waals surface area contributed by atoms with E-state index in [4.69, 9.17) is 14.9 Å². The second-order valence-electron chi connectivity index (χ2n) is 12.3. The molecular weight excluding hydrogens is 644 g/mol. The zero-order valence-corrected chi connectivity index (χ0v) is 27.9. The van der Waals surface area contributed by atoms with Crippen molar-refractivity contribution in [1.29, 1.82) is 5.41 Å². The Morgan fingerprint density at radius 3 is 2.50 bits per heavy atom. The van der Waals surface area contributed by atoms with Crippen molar-refractivity contribution >= 4 is 35.7 Å². The van der Waals surface area contributed by atoms with E-state index in [1.807, 2.05) is 10.6 Å². The average molecular weight is 684 g/mol. The molecular formula is C32H39F2N9O4S. The van der Waals surface area contributed by atoms with Crippen molar-refractivity contribution in [2.45, 2.75) is 69.1 Å². The van der Waals surface area contributed by atoms with Crippen molar-refractivity contribution in [1.82, 2.24) is 35.0 Å². The summed E-state index contributed by atoms with van der Waals surface area (Å²) in [6.45, 7) is 6.17. The largest absolute Gasteiger partial charge is 0.482 e. The number of aromatic nitrogens is 4. The molecule has 2 aromatic heterocycles. The minimum absolute atomic E-state index is 0.190. The Balaban J connectivity index is 1.20. The molecule has 13 nitrogen and oxygen atoms in total. The van der Waals surface area contributed by atoms with Crippen LogP contribution < -0.4 is 10.2 Å². The van der Waals surface area contributed by atoms with E-state index in [1.165, 1.54) is 17.7 Å². The molecule has 2 amide bonds. The highest BCUT2D eigenvalue weighted by atomic mass is 32.2. The number of piperazine rings is 1. The Bertz CT molecular complexity index is 1630. The van der Waals surface area contributed by atoms with Crippen LogP contribution in [0.1, 0.15) is 57.8 Å². The van der Waals surface area contributed by atoms with Gasteiger partial charge in [0.05, 0.1) is 11.9 Å². The predicted octanol–water partition coefficient (Wildman–Crippen LogP) is 4.58. The summed E-state index contributed by atoms with van der Waals surface area (Å²) in [5.41, 5.74) is 2.16. The van der Waals surface area contributed by atoms with Crippen LogP contribution in [0.15, 0.2) is 46.9 Å². The molecule has 16 heteroatoms. The minimum Gasteiger partial charge on any atom is -0.482 e. The van der Waals surface area contributed by atoms with E-state index in [2.05, 4.69) is 25.7 Å². The summed E-state index contributed by atoms with van der Waals surface area (Å²) >= 11 is 1.64. The summed E-state index contributed by atoms with van der Waals surface area (Å²) in [6.07, 6.45) is 8.18. The summed E-state index contributed by atoms with van der Waals surface area (Å²) in [6, 6.07) is 5.43. The molecule has 2 N–H and O–H groups in total. The zero-order valence-electron chi connectivity index (χ0n) is 27.1. The van der Waals surface area contributed by atoms with E-state index in [0.29, 0.717) is 42.4 Å². The van der Waals surface area contributed by atoms with Crippen molar-refractivity contribution in [2.24, 2.45) is 5.10 Å². The van der Waals surface area contributed by atoms with Crippen LogP contribution in [0.4, 0.5) is 13.6 Å². The molecule has 1 aliphatic heterocycles. The van der Waals surface area contributed by atoms with Crippen molar-refractivity contribution in [3.63, 3.8) is 0 Å². The molecule has 2 fully saturated rings. The van der Waals surface area contributed by atoms with E-state index >= 15 is 8.78 Å². The third kappa shape index (κ3) is 8.85. The molecule has 0 spiro atoms. The van der Waals surface area contributed by atoms with Gasteiger partial charge in [0.2, 0.25) is 5.91 Å². The lowest BCUT2D eigenvalue weighted by atomic mass is 10.1. The van der Waals surface area contributed by atoms with Gasteiger partial charge in [-0.05, 0) is 51.8 Å². The zero-order chi connectivity index (χ0) is 34.3. The molecule has 5 rings (SSSR count). The lowest BCUT2D eigenvalue weighted by Gasteiger charge is -2.35. The fraction of sp³-hybridized carbons (Fsp3) is 0.469. The molecule has 2 aliphatic rings. The fourth-order valence-corrected chi connectivity index (χ4v) is 6.56. The molecule has 1 saturated carbocycles. The van der Waals surface area contributed by atoms with E-state index in [-0.39, 0.29) is 36.1 Å². The van der Waals surface area contributed by atoms with Crippen molar-refractivity contribution in [3.8, 4) is 11.4 Å². The molecule has 256 valence electrons. The number of hydrazone groups is 1. The van der Waals surface area contributed by atoms with Gasteiger partial charge in [0, 0.05) is 55.5 Å². The topological polar surface area (TPSA) is 151 Å². The maximum Gasteiger partial charge on any atom is 0.410 e. The van der Waals surface area contributed by atoms with Gasteiger partial charge in [0.25, 0.3) is 0 Å². The van der Waals surface area contributed by atoms with Gasteiger partial charge in [-0.1, -0.05) is 24.6 Å². The van der Waals surface area contributed by atoms with E-state index in [9.17, 15) is 9.59 Å². The summed E-state index contributed by atoms with van der Waals surface area (Å²) < 4.78 is 43.3. The third-order valence-corrected chi connectivity index (χ3v) is 8.96. The highest BCUT2D eigenvalue weighted by Crippen LogP contribution is 2.35. The molecule has 0 bridgehead atoms. The van der Waals surface area contributed by atoms with Gasteiger partial charge in [0.15, 0.2) is 22.5 Å². The van der Waals surface area contributed by atoms with Crippen LogP contribution in [0.5, 0.6) is 5.75 Å². The summed E-state index contributed by atoms with van der Waals surface area (Å²) in [7, 11) is 0. The second-order valence-corrected chi connectivity index (χ2v) is 13.6. The predicted molar refractivity (Wildman–Crippen MR) is 176 cm³/mol. The Kier molecular flexibility index (Phi) is 11.2. The standard InChI is InChI=1S/C32H39F2N9O4S/c1-32(2,3)47-31(45)42-13-11-41(12-14-42)29(44)19-37-38-26(17-35)23-15-25(34)27(16-24(23)33)46-20-28-39-40-30(48-22-8-4-5-9-22)43(28)21-7-6-10-36-18-21/h6-7,10,15-18,22,35,37H,4-5,8-9,11-14,19-20H2,1-3H3/b35-17?,38-26+. The first-order valence-electron chi connectivity index (χ1n) is 15.7. The number of hydrogen-bond acceptors (Lipinski definition) is 11. The van der Waals surface area contributed by atoms with Gasteiger partial charge in [-0.3, -0.25) is 19.8 Å². The lowest BCUT2D eigenvalue weighted by Crippen LogP contribution is -2.52. The number of carbonyl (C=O) groups excluding carboxylic acids is 2. The first-order chi connectivity index (χ1) is 23.0. The highest BCUT2D eigenvalue weighted by molar-refractivity contribution is 7.99. The van der Waals surface area contributed by atoms with Crippen molar-refractivity contribution < 1.29 is 27.8 Å². The van der Waals surface area contributed by atoms with Gasteiger partial charge >= 0.3 is 6.09 Å². The number of benzene rings is 1. The maximum absolute atomic E-state index is 15.2. The number of amides is 2. The van der Waals surface area contributed by atoms with Crippen LogP contribution in [0, 0.1) is 17.0 Å². The molecule has 3 heterocycles. The first kappa shape index (κ1) is 34.7. The minimum atomic E-state index is -0.869. The van der Waals surface area contributed by atoms with Crippen LogP contribution >= 0.6 is 11.8 Å². The normalized spacial score (nSPS) is 15.8. The van der Waals surface area contributed by atoms with Crippen LogP contribution in [-0.2, 0) is 16.1 Å². The Morgan fingerprint density at radius 2 is 1.83 bits per heavy atom. The number of ether oxygens (including phenoxy) is 2. The number of hydrogen-bond donors (Lipinski definition) is 2. The van der Waals surface area contributed by atoms with E-state index < -0.39 is 23.3 Å². The van der Waals surface area contributed by atoms with Crippen LogP contribution in [0.3, 0.4) is 0 Å². The van der Waals surface area contributed by atoms with Crippen LogP contribution in [0.2, 0.25) is 0 Å². The molecule has 48 heavy (non-hydrogen) atoms. The van der Waals surface area contributed by atoms with Gasteiger partial charge in [-0.25, -0.2) is 13.6 Å². The number of nitrogens with zero attached hydrogens (tertiary/aromatic N) is 7. The van der Waals surface area contributed by atoms with Crippen LogP contribution in [-0.4, -0.2) is 97.0 Å². The number of nitrogens with one attached hydrogen (secondary N) is 2. The summed E-state index contributed by atoms with van der Waals surface area (Å²) in [4.78, 5) is 32.3. The first-order valence-corrected chi connectivity index (χ1v) is 16.6. The van der Waals surface area contributed by atoms with Gasteiger partial charge < -0.3 is 24.7 Å². The molecule has 3 aromatic rings. The molecule has 0 atom stereocenters. The molecule has 1 saturated heterocycles. The molecule has 0 radical (unpaired) electrons. The Hall–Kier alpha value is -4.60. The Morgan fingerprint density at radius 1 is 1.10 bits per heavy atom. The molecule has 1 aromatic carbocycles. The Labute approximate surface area is 281 Å². The molecule has 1 aliphatic carbocycles. The SMILES string of the molecule is CC(C)(C)OC(=O)N1CCN(C(=O)CN/N=C(\C=N)c2cc(F)c(OCc3nnc(SC4CCCC4)n3-c3cccnc3)cc2F)CC1. The van der Waals surface area contributed by atoms with E-state index in [0.717, 1.165) is 36.9 Å². The summed E-state index contributed by atoms with van der Waals surface area (Å²) in [5, 5.41) is 21.4. The number of rotatable bonds is 11. The highest BCUT2D eigenvalue weighted by Gasteiger charge is 2.28. The van der Waals surface area contributed by atoms with Crippen molar-refractivity contribution in [3.05, 3.63) is 59.7 Å². The number of carbonyl (C=O) groups is 2. The smallest absolute Gasteiger partial charge is 0.410 e. The summed E-state index contributed by atoms with van der Waals surface area (Å²) in [5.74, 6) is -1.99.